The standard InChI is InChI=1S/C16H14N2O4/c1-21-16(20)14-6-3-7-18-9-11(17-15(14)18)10-22-13-5-2-4-12(19)8-13/h2-9,19H,10H2,1H3. The monoisotopic (exact) mass is 298 g/mol. The van der Waals surface area contributed by atoms with Crippen LogP contribution in [-0.4, -0.2) is 27.6 Å². The van der Waals surface area contributed by atoms with Gasteiger partial charge in [-0.3, -0.25) is 0 Å². The Hall–Kier alpha value is -3.02. The number of carbonyl (C=O) groups excluding carboxylic acids is 1. The molecule has 0 spiro atoms. The van der Waals surface area contributed by atoms with Crippen molar-refractivity contribution in [3.05, 3.63) is 60.0 Å². The number of phenolic OH excluding ortho intramolecular Hbond substituents is 1. The fourth-order valence-electron chi connectivity index (χ4n) is 2.13. The number of fused-ring (bicyclic) bond motifs is 1. The van der Waals surface area contributed by atoms with Crippen LogP contribution in [0, 0.1) is 0 Å². The fraction of sp³-hybridized carbons (Fsp3) is 0.125. The van der Waals surface area contributed by atoms with E-state index in [1.807, 2.05) is 0 Å². The predicted molar refractivity (Wildman–Crippen MR) is 79.0 cm³/mol. The van der Waals surface area contributed by atoms with Gasteiger partial charge in [-0.15, -0.1) is 0 Å². The number of ether oxygens (including phenoxy) is 2. The van der Waals surface area contributed by atoms with Gasteiger partial charge in [-0.2, -0.15) is 0 Å². The third-order valence-electron chi connectivity index (χ3n) is 3.14. The van der Waals surface area contributed by atoms with Crippen molar-refractivity contribution in [1.82, 2.24) is 9.38 Å². The van der Waals surface area contributed by atoms with Gasteiger partial charge in [-0.25, -0.2) is 9.78 Å². The van der Waals surface area contributed by atoms with E-state index < -0.39 is 5.97 Å². The summed E-state index contributed by atoms with van der Waals surface area (Å²) in [5.74, 6) is 0.252. The van der Waals surface area contributed by atoms with E-state index in [0.717, 1.165) is 0 Å². The van der Waals surface area contributed by atoms with Gasteiger partial charge in [0.25, 0.3) is 0 Å². The third kappa shape index (κ3) is 2.71. The highest BCUT2D eigenvalue weighted by atomic mass is 16.5. The molecule has 6 nitrogen and oxygen atoms in total. The molecule has 22 heavy (non-hydrogen) atoms. The molecule has 3 aromatic rings. The number of aromatic hydroxyl groups is 1. The Morgan fingerprint density at radius 3 is 2.95 bits per heavy atom. The Bertz CT molecular complexity index is 826. The highest BCUT2D eigenvalue weighted by Gasteiger charge is 2.13. The summed E-state index contributed by atoms with van der Waals surface area (Å²) in [6, 6.07) is 9.95. The van der Waals surface area contributed by atoms with Gasteiger partial charge >= 0.3 is 5.97 Å². The van der Waals surface area contributed by atoms with Gasteiger partial charge in [0.1, 0.15) is 23.7 Å². The number of imidazole rings is 1. The summed E-state index contributed by atoms with van der Waals surface area (Å²) < 4.78 is 12.1. The SMILES string of the molecule is COC(=O)c1cccn2cc(COc3cccc(O)c3)nc12. The van der Waals surface area contributed by atoms with Crippen LogP contribution in [0.2, 0.25) is 0 Å². The van der Waals surface area contributed by atoms with E-state index >= 15 is 0 Å². The van der Waals surface area contributed by atoms with Gasteiger partial charge in [-0.1, -0.05) is 6.07 Å². The lowest BCUT2D eigenvalue weighted by Crippen LogP contribution is -2.03. The molecule has 0 aliphatic carbocycles. The zero-order chi connectivity index (χ0) is 15.5. The number of hydrogen-bond acceptors (Lipinski definition) is 5. The first-order chi connectivity index (χ1) is 10.7. The molecule has 0 saturated carbocycles. The molecule has 112 valence electrons. The molecule has 6 heteroatoms. The molecule has 0 atom stereocenters. The quantitative estimate of drug-likeness (QED) is 0.749. The molecule has 0 fully saturated rings. The Kier molecular flexibility index (Phi) is 3.65. The van der Waals surface area contributed by atoms with Crippen molar-refractivity contribution >= 4 is 11.6 Å². The Morgan fingerprint density at radius 2 is 2.18 bits per heavy atom. The molecule has 0 saturated heterocycles. The van der Waals surface area contributed by atoms with E-state index in [9.17, 15) is 9.90 Å². The summed E-state index contributed by atoms with van der Waals surface area (Å²) in [7, 11) is 1.33. The lowest BCUT2D eigenvalue weighted by molar-refractivity contribution is 0.0602. The Morgan fingerprint density at radius 1 is 1.32 bits per heavy atom. The Labute approximate surface area is 126 Å². The van der Waals surface area contributed by atoms with Crippen molar-refractivity contribution < 1.29 is 19.4 Å². The molecule has 0 amide bonds. The number of rotatable bonds is 4. The third-order valence-corrected chi connectivity index (χ3v) is 3.14. The molecular formula is C16H14N2O4. The van der Waals surface area contributed by atoms with Crippen molar-refractivity contribution in [1.29, 1.82) is 0 Å². The molecule has 0 bridgehead atoms. The summed E-state index contributed by atoms with van der Waals surface area (Å²) in [5.41, 5.74) is 1.58. The van der Waals surface area contributed by atoms with Crippen molar-refractivity contribution in [2.75, 3.05) is 7.11 Å². The van der Waals surface area contributed by atoms with Gasteiger partial charge in [0.05, 0.1) is 12.8 Å². The number of pyridine rings is 1. The first-order valence-corrected chi connectivity index (χ1v) is 6.64. The van der Waals surface area contributed by atoms with Crippen LogP contribution in [0.15, 0.2) is 48.8 Å². The lowest BCUT2D eigenvalue weighted by atomic mass is 10.3. The van der Waals surface area contributed by atoms with E-state index in [-0.39, 0.29) is 12.4 Å². The zero-order valence-electron chi connectivity index (χ0n) is 11.9. The van der Waals surface area contributed by atoms with E-state index in [1.54, 1.807) is 47.1 Å². The molecule has 1 aromatic carbocycles. The molecule has 1 N–H and O–H groups in total. The number of methoxy groups -OCH3 is 1. The molecular weight excluding hydrogens is 284 g/mol. The maximum atomic E-state index is 11.7. The van der Waals surface area contributed by atoms with Crippen LogP contribution >= 0.6 is 0 Å². The largest absolute Gasteiger partial charge is 0.508 e. The minimum Gasteiger partial charge on any atom is -0.508 e. The van der Waals surface area contributed by atoms with Crippen LogP contribution in [0.3, 0.4) is 0 Å². The average molecular weight is 298 g/mol. The van der Waals surface area contributed by atoms with Crippen LogP contribution < -0.4 is 4.74 Å². The van der Waals surface area contributed by atoms with Crippen LogP contribution in [-0.2, 0) is 11.3 Å². The number of phenols is 1. The first kappa shape index (κ1) is 13.9. The number of benzene rings is 1. The molecule has 2 heterocycles. The van der Waals surface area contributed by atoms with Crippen LogP contribution in [0.4, 0.5) is 0 Å². The summed E-state index contributed by atoms with van der Waals surface area (Å²) in [6.45, 7) is 0.228. The summed E-state index contributed by atoms with van der Waals surface area (Å²) >= 11 is 0. The van der Waals surface area contributed by atoms with Gasteiger partial charge in [-0.05, 0) is 24.3 Å². The molecule has 0 radical (unpaired) electrons. The maximum Gasteiger partial charge on any atom is 0.341 e. The molecule has 2 aromatic heterocycles. The second kappa shape index (κ2) is 5.77. The Balaban J connectivity index is 1.85. The zero-order valence-corrected chi connectivity index (χ0v) is 11.9. The van der Waals surface area contributed by atoms with Crippen LogP contribution in [0.5, 0.6) is 11.5 Å². The molecule has 3 rings (SSSR count). The predicted octanol–water partition coefficient (Wildman–Crippen LogP) is 2.41. The van der Waals surface area contributed by atoms with Gasteiger partial charge in [0.2, 0.25) is 0 Å². The summed E-state index contributed by atoms with van der Waals surface area (Å²) in [6.07, 6.45) is 3.58. The summed E-state index contributed by atoms with van der Waals surface area (Å²) in [5, 5.41) is 9.40. The van der Waals surface area contributed by atoms with Gasteiger partial charge < -0.3 is 19.0 Å². The van der Waals surface area contributed by atoms with Crippen LogP contribution in [0.1, 0.15) is 16.1 Å². The minimum absolute atomic E-state index is 0.139. The number of aromatic nitrogens is 2. The van der Waals surface area contributed by atoms with E-state index in [1.165, 1.54) is 13.2 Å². The second-order valence-electron chi connectivity index (χ2n) is 4.66. The van der Waals surface area contributed by atoms with Crippen LogP contribution in [0.25, 0.3) is 5.65 Å². The highest BCUT2D eigenvalue weighted by molar-refractivity contribution is 5.95. The minimum atomic E-state index is -0.434. The van der Waals surface area contributed by atoms with Crippen molar-refractivity contribution in [3.8, 4) is 11.5 Å². The average Bonchev–Trinajstić information content (AvgIpc) is 2.95. The maximum absolute atomic E-state index is 11.7. The summed E-state index contributed by atoms with van der Waals surface area (Å²) in [4.78, 5) is 16.1. The van der Waals surface area contributed by atoms with Crippen molar-refractivity contribution in [3.63, 3.8) is 0 Å². The highest BCUT2D eigenvalue weighted by Crippen LogP contribution is 2.19. The smallest absolute Gasteiger partial charge is 0.341 e. The molecule has 0 aliphatic rings. The number of esters is 1. The second-order valence-corrected chi connectivity index (χ2v) is 4.66. The van der Waals surface area contributed by atoms with Crippen molar-refractivity contribution in [2.24, 2.45) is 0 Å². The van der Waals surface area contributed by atoms with E-state index in [4.69, 9.17) is 9.47 Å². The first-order valence-electron chi connectivity index (χ1n) is 6.64. The topological polar surface area (TPSA) is 73.1 Å². The molecule has 0 unspecified atom stereocenters. The number of nitrogens with zero attached hydrogens (tertiary/aromatic N) is 2. The van der Waals surface area contributed by atoms with Gasteiger partial charge in [0.15, 0.2) is 5.65 Å². The fourth-order valence-corrected chi connectivity index (χ4v) is 2.13. The molecule has 0 aliphatic heterocycles. The normalized spacial score (nSPS) is 10.6. The van der Waals surface area contributed by atoms with E-state index in [2.05, 4.69) is 4.98 Å². The number of carbonyl (C=O) groups is 1. The lowest BCUT2D eigenvalue weighted by Gasteiger charge is -2.03. The van der Waals surface area contributed by atoms with Crippen molar-refractivity contribution in [2.45, 2.75) is 6.61 Å². The van der Waals surface area contributed by atoms with Gasteiger partial charge in [0, 0.05) is 18.5 Å². The van der Waals surface area contributed by atoms with E-state index in [0.29, 0.717) is 22.7 Å². The number of hydrogen-bond donors (Lipinski definition) is 1.